The summed E-state index contributed by atoms with van der Waals surface area (Å²) >= 11 is 0. The average molecular weight is 711 g/mol. The molecule has 0 unspecified atom stereocenters. The molecule has 4 aromatic rings. The quantitative estimate of drug-likeness (QED) is 0.0584. The second-order valence-electron chi connectivity index (χ2n) is 11.4. The summed E-state index contributed by atoms with van der Waals surface area (Å²) in [5, 5.41) is 0. The molecule has 12 nitrogen and oxygen atoms in total. The molecule has 0 aliphatic carbocycles. The highest BCUT2D eigenvalue weighted by molar-refractivity contribution is 5.81. The van der Waals surface area contributed by atoms with E-state index in [1.54, 1.807) is 12.4 Å². The van der Waals surface area contributed by atoms with Crippen LogP contribution in [0.2, 0.25) is 0 Å². The SMILES string of the molecule is C=CC(=O)OCCCOc1ccc(-c2ccc(CO[C@@H]3OCCO[C@H]3OCc3ccc(-c4ccc(OCCCOC(=O)C=C)cn4)cc3)cc2)nc1. The summed E-state index contributed by atoms with van der Waals surface area (Å²) < 4.78 is 45.0. The van der Waals surface area contributed by atoms with E-state index in [1.807, 2.05) is 72.8 Å². The third-order valence-corrected chi connectivity index (χ3v) is 7.61. The molecular formula is C40H42N2O10. The molecule has 1 aliphatic heterocycles. The highest BCUT2D eigenvalue weighted by atomic mass is 16.8. The lowest BCUT2D eigenvalue weighted by atomic mass is 10.1. The zero-order valence-corrected chi connectivity index (χ0v) is 28.9. The lowest BCUT2D eigenvalue weighted by Gasteiger charge is -2.31. The second-order valence-corrected chi connectivity index (χ2v) is 11.4. The van der Waals surface area contributed by atoms with Gasteiger partial charge >= 0.3 is 11.9 Å². The summed E-state index contributed by atoms with van der Waals surface area (Å²) in [5.74, 6) is 0.384. The standard InChI is InChI=1S/C40H42N2O10/c1-3-37(43)47-21-5-19-45-33-15-17-35(41-25-33)31-11-7-29(8-12-31)27-51-39-40(50-24-23-49-39)52-28-30-9-13-32(14-10-30)36-18-16-34(26-42-36)46-20-6-22-48-38(44)4-2/h3-4,7-18,25-26,39-40H,1-2,5-6,19-24,27-28H2/t39-,40-/m0/s1. The molecule has 0 saturated carbocycles. The van der Waals surface area contributed by atoms with Crippen LogP contribution in [0.4, 0.5) is 0 Å². The van der Waals surface area contributed by atoms with Crippen LogP contribution in [0.1, 0.15) is 24.0 Å². The Kier molecular flexibility index (Phi) is 14.9. The number of hydrogen-bond acceptors (Lipinski definition) is 12. The zero-order valence-electron chi connectivity index (χ0n) is 28.9. The van der Waals surface area contributed by atoms with Gasteiger partial charge in [-0.2, -0.15) is 0 Å². The van der Waals surface area contributed by atoms with Gasteiger partial charge in [0.1, 0.15) is 11.5 Å². The minimum atomic E-state index is -0.678. The number of rotatable bonds is 20. The fourth-order valence-electron chi connectivity index (χ4n) is 4.87. The van der Waals surface area contributed by atoms with Gasteiger partial charge in [0.05, 0.1) is 76.6 Å². The number of carbonyl (C=O) groups is 2. The van der Waals surface area contributed by atoms with E-state index in [-0.39, 0.29) is 13.2 Å². The van der Waals surface area contributed by atoms with Crippen molar-refractivity contribution in [2.24, 2.45) is 0 Å². The van der Waals surface area contributed by atoms with Crippen molar-refractivity contribution in [2.45, 2.75) is 38.6 Å². The predicted molar refractivity (Wildman–Crippen MR) is 191 cm³/mol. The van der Waals surface area contributed by atoms with Gasteiger partial charge in [-0.3, -0.25) is 9.97 Å². The molecule has 2 aromatic carbocycles. The summed E-state index contributed by atoms with van der Waals surface area (Å²) in [6, 6.07) is 23.4. The Morgan fingerprint density at radius 3 is 1.40 bits per heavy atom. The number of ether oxygens (including phenoxy) is 8. The maximum absolute atomic E-state index is 11.1. The molecule has 0 spiro atoms. The van der Waals surface area contributed by atoms with Crippen LogP contribution < -0.4 is 9.47 Å². The van der Waals surface area contributed by atoms with Gasteiger partial charge in [0, 0.05) is 36.1 Å². The fourth-order valence-corrected chi connectivity index (χ4v) is 4.87. The maximum Gasteiger partial charge on any atom is 0.330 e. The van der Waals surface area contributed by atoms with Gasteiger partial charge in [-0.15, -0.1) is 0 Å². The molecule has 1 aliphatic rings. The van der Waals surface area contributed by atoms with Gasteiger partial charge in [-0.25, -0.2) is 9.59 Å². The van der Waals surface area contributed by atoms with E-state index in [9.17, 15) is 9.59 Å². The smallest absolute Gasteiger partial charge is 0.330 e. The third-order valence-electron chi connectivity index (χ3n) is 7.61. The number of aromatic nitrogens is 2. The van der Waals surface area contributed by atoms with Crippen molar-refractivity contribution < 1.29 is 47.5 Å². The summed E-state index contributed by atoms with van der Waals surface area (Å²) in [4.78, 5) is 31.2. The van der Waals surface area contributed by atoms with Crippen LogP contribution in [-0.2, 0) is 51.2 Å². The molecule has 3 heterocycles. The first-order valence-corrected chi connectivity index (χ1v) is 16.9. The normalized spacial score (nSPS) is 15.3. The maximum atomic E-state index is 11.1. The first-order chi connectivity index (χ1) is 25.5. The molecule has 2 atom stereocenters. The Bertz CT molecular complexity index is 1580. The van der Waals surface area contributed by atoms with E-state index in [1.165, 1.54) is 0 Å². The van der Waals surface area contributed by atoms with Crippen LogP contribution in [0.5, 0.6) is 11.5 Å². The van der Waals surface area contributed by atoms with E-state index < -0.39 is 24.5 Å². The van der Waals surface area contributed by atoms with Crippen molar-refractivity contribution in [3.8, 4) is 34.0 Å². The monoisotopic (exact) mass is 710 g/mol. The predicted octanol–water partition coefficient (Wildman–Crippen LogP) is 6.24. The Morgan fingerprint density at radius 2 is 1.04 bits per heavy atom. The number of hydrogen-bond donors (Lipinski definition) is 0. The van der Waals surface area contributed by atoms with Crippen molar-refractivity contribution in [1.29, 1.82) is 0 Å². The number of pyridine rings is 2. The molecule has 2 aromatic heterocycles. The van der Waals surface area contributed by atoms with Crippen molar-refractivity contribution in [3.63, 3.8) is 0 Å². The summed E-state index contributed by atoms with van der Waals surface area (Å²) in [6.45, 7) is 9.53. The fraction of sp³-hybridized carbons (Fsp3) is 0.300. The molecule has 52 heavy (non-hydrogen) atoms. The molecule has 12 heteroatoms. The Labute approximate surface area is 302 Å². The van der Waals surface area contributed by atoms with Crippen LogP contribution >= 0.6 is 0 Å². The Morgan fingerprint density at radius 1 is 0.615 bits per heavy atom. The molecular weight excluding hydrogens is 668 g/mol. The lowest BCUT2D eigenvalue weighted by molar-refractivity contribution is -0.326. The van der Waals surface area contributed by atoms with Crippen molar-refractivity contribution >= 4 is 11.9 Å². The molecule has 0 amide bonds. The molecule has 5 rings (SSSR count). The number of nitrogens with zero attached hydrogens (tertiary/aromatic N) is 2. The second kappa shape index (κ2) is 20.4. The van der Waals surface area contributed by atoms with Crippen molar-refractivity contribution in [1.82, 2.24) is 9.97 Å². The first-order valence-electron chi connectivity index (χ1n) is 16.9. The molecule has 1 saturated heterocycles. The molecule has 272 valence electrons. The van der Waals surface area contributed by atoms with Crippen LogP contribution in [0.25, 0.3) is 22.5 Å². The topological polar surface area (TPSA) is 134 Å². The van der Waals surface area contributed by atoms with E-state index in [0.717, 1.165) is 45.8 Å². The van der Waals surface area contributed by atoms with Gasteiger partial charge in [0.25, 0.3) is 0 Å². The van der Waals surface area contributed by atoms with Gasteiger partial charge in [0.2, 0.25) is 12.6 Å². The third kappa shape index (κ3) is 12.1. The van der Waals surface area contributed by atoms with Gasteiger partial charge < -0.3 is 37.9 Å². The van der Waals surface area contributed by atoms with Gasteiger partial charge in [-0.1, -0.05) is 61.7 Å². The highest BCUT2D eigenvalue weighted by Gasteiger charge is 2.28. The summed E-state index contributed by atoms with van der Waals surface area (Å²) in [6.07, 6.45) is 5.39. The first kappa shape index (κ1) is 37.8. The number of carbonyl (C=O) groups excluding carboxylic acids is 2. The van der Waals surface area contributed by atoms with Crippen LogP contribution in [0, 0.1) is 0 Å². The van der Waals surface area contributed by atoms with E-state index in [0.29, 0.717) is 64.0 Å². The highest BCUT2D eigenvalue weighted by Crippen LogP contribution is 2.24. The van der Waals surface area contributed by atoms with Crippen LogP contribution in [0.15, 0.2) is 111 Å². The largest absolute Gasteiger partial charge is 0.492 e. The van der Waals surface area contributed by atoms with Crippen molar-refractivity contribution in [3.05, 3.63) is 122 Å². The summed E-state index contributed by atoms with van der Waals surface area (Å²) in [5.41, 5.74) is 5.45. The molecule has 0 radical (unpaired) electrons. The summed E-state index contributed by atoms with van der Waals surface area (Å²) in [7, 11) is 0. The molecule has 0 bridgehead atoms. The Hall–Kier alpha value is -5.40. The molecule has 0 N–H and O–H groups in total. The zero-order chi connectivity index (χ0) is 36.4. The van der Waals surface area contributed by atoms with E-state index in [4.69, 9.17) is 37.9 Å². The van der Waals surface area contributed by atoms with Crippen LogP contribution in [-0.4, -0.2) is 74.1 Å². The average Bonchev–Trinajstić information content (AvgIpc) is 3.20. The number of esters is 2. The van der Waals surface area contributed by atoms with E-state index in [2.05, 4.69) is 23.1 Å². The van der Waals surface area contributed by atoms with Crippen LogP contribution in [0.3, 0.4) is 0 Å². The van der Waals surface area contributed by atoms with E-state index >= 15 is 0 Å². The Balaban J connectivity index is 1.03. The lowest BCUT2D eigenvalue weighted by Crippen LogP contribution is -2.41. The van der Waals surface area contributed by atoms with Gasteiger partial charge in [0.15, 0.2) is 0 Å². The number of benzene rings is 2. The molecule has 1 fully saturated rings. The minimum absolute atomic E-state index is 0.269. The van der Waals surface area contributed by atoms with Gasteiger partial charge in [-0.05, 0) is 35.4 Å². The van der Waals surface area contributed by atoms with Crippen molar-refractivity contribution in [2.75, 3.05) is 39.6 Å². The minimum Gasteiger partial charge on any atom is -0.492 e.